The Morgan fingerprint density at radius 3 is 2.68 bits per heavy atom. The standard InChI is InChI=1S/C19H25ClN4O/c1-13-6-8-24(9-7-13)19(25)15-4-5-17(14(2)10-15)21-12-18-16(20)11-22-23(18)3/h4-5,10-11,13,21H,6-9,12H2,1-3H3. The van der Waals surface area contributed by atoms with Crippen molar-refractivity contribution >= 4 is 23.2 Å². The van der Waals surface area contributed by atoms with E-state index in [1.165, 1.54) is 0 Å². The highest BCUT2D eigenvalue weighted by atomic mass is 35.5. The fourth-order valence-electron chi connectivity index (χ4n) is 3.20. The SMILES string of the molecule is Cc1cc(C(=O)N2CCC(C)CC2)ccc1NCc1c(Cl)cnn1C. The number of benzene rings is 1. The molecule has 1 N–H and O–H groups in total. The molecule has 1 aromatic carbocycles. The van der Waals surface area contributed by atoms with Crippen LogP contribution in [0.15, 0.2) is 24.4 Å². The van der Waals surface area contributed by atoms with Gasteiger partial charge in [0, 0.05) is 31.4 Å². The number of rotatable bonds is 4. The Morgan fingerprint density at radius 1 is 1.36 bits per heavy atom. The van der Waals surface area contributed by atoms with Crippen molar-refractivity contribution < 1.29 is 4.79 Å². The molecule has 2 aromatic rings. The minimum Gasteiger partial charge on any atom is -0.379 e. The van der Waals surface area contributed by atoms with E-state index in [0.717, 1.165) is 54.4 Å². The van der Waals surface area contributed by atoms with Gasteiger partial charge < -0.3 is 10.2 Å². The molecule has 3 rings (SSSR count). The normalized spacial score (nSPS) is 15.4. The average molecular weight is 361 g/mol. The molecule has 5 nitrogen and oxygen atoms in total. The topological polar surface area (TPSA) is 50.2 Å². The summed E-state index contributed by atoms with van der Waals surface area (Å²) in [5, 5.41) is 8.17. The van der Waals surface area contributed by atoms with Crippen molar-refractivity contribution in [2.45, 2.75) is 33.2 Å². The van der Waals surface area contributed by atoms with Gasteiger partial charge in [-0.3, -0.25) is 9.48 Å². The zero-order valence-corrected chi connectivity index (χ0v) is 15.8. The number of amides is 1. The van der Waals surface area contributed by atoms with E-state index in [1.54, 1.807) is 10.9 Å². The molecule has 1 aromatic heterocycles. The van der Waals surface area contributed by atoms with Crippen molar-refractivity contribution in [2.24, 2.45) is 13.0 Å². The van der Waals surface area contributed by atoms with Crippen LogP contribution in [0, 0.1) is 12.8 Å². The summed E-state index contributed by atoms with van der Waals surface area (Å²) >= 11 is 6.14. The Labute approximate surface area is 154 Å². The van der Waals surface area contributed by atoms with Gasteiger partial charge in [-0.05, 0) is 49.4 Å². The van der Waals surface area contributed by atoms with Crippen LogP contribution in [0.25, 0.3) is 0 Å². The summed E-state index contributed by atoms with van der Waals surface area (Å²) in [6.07, 6.45) is 3.83. The first-order chi connectivity index (χ1) is 12.0. The first kappa shape index (κ1) is 17.8. The van der Waals surface area contributed by atoms with Crippen LogP contribution in [0.1, 0.15) is 41.4 Å². The molecule has 2 heterocycles. The number of carbonyl (C=O) groups excluding carboxylic acids is 1. The molecule has 1 amide bonds. The summed E-state index contributed by atoms with van der Waals surface area (Å²) in [5.41, 5.74) is 3.75. The van der Waals surface area contributed by atoms with Crippen molar-refractivity contribution in [3.8, 4) is 0 Å². The van der Waals surface area contributed by atoms with Crippen molar-refractivity contribution in [3.05, 3.63) is 46.2 Å². The second-order valence-electron chi connectivity index (χ2n) is 6.92. The lowest BCUT2D eigenvalue weighted by atomic mass is 9.98. The van der Waals surface area contributed by atoms with E-state index in [9.17, 15) is 4.79 Å². The summed E-state index contributed by atoms with van der Waals surface area (Å²) < 4.78 is 1.76. The fraction of sp³-hybridized carbons (Fsp3) is 0.474. The van der Waals surface area contributed by atoms with Gasteiger partial charge in [0.25, 0.3) is 5.91 Å². The van der Waals surface area contributed by atoms with E-state index in [2.05, 4.69) is 17.3 Å². The smallest absolute Gasteiger partial charge is 0.253 e. The van der Waals surface area contributed by atoms with Crippen molar-refractivity contribution in [3.63, 3.8) is 0 Å². The molecule has 1 aliphatic rings. The van der Waals surface area contributed by atoms with Crippen LogP contribution in [-0.2, 0) is 13.6 Å². The number of aryl methyl sites for hydroxylation is 2. The van der Waals surface area contributed by atoms with E-state index in [-0.39, 0.29) is 5.91 Å². The fourth-order valence-corrected chi connectivity index (χ4v) is 3.44. The molecular weight excluding hydrogens is 336 g/mol. The van der Waals surface area contributed by atoms with Gasteiger partial charge in [0.15, 0.2) is 0 Å². The quantitative estimate of drug-likeness (QED) is 0.900. The molecule has 134 valence electrons. The molecular formula is C19H25ClN4O. The Morgan fingerprint density at radius 2 is 2.08 bits per heavy atom. The van der Waals surface area contributed by atoms with Crippen LogP contribution in [0.5, 0.6) is 0 Å². The van der Waals surface area contributed by atoms with E-state index in [0.29, 0.717) is 11.6 Å². The molecule has 1 fully saturated rings. The summed E-state index contributed by atoms with van der Waals surface area (Å²) in [4.78, 5) is 14.6. The van der Waals surface area contributed by atoms with Crippen molar-refractivity contribution in [2.75, 3.05) is 18.4 Å². The molecule has 1 aliphatic heterocycles. The molecule has 0 radical (unpaired) electrons. The number of aromatic nitrogens is 2. The second-order valence-corrected chi connectivity index (χ2v) is 7.33. The summed E-state index contributed by atoms with van der Waals surface area (Å²) in [6.45, 7) is 6.58. The zero-order valence-electron chi connectivity index (χ0n) is 15.1. The highest BCUT2D eigenvalue weighted by molar-refractivity contribution is 6.31. The molecule has 0 bridgehead atoms. The van der Waals surface area contributed by atoms with Crippen LogP contribution < -0.4 is 5.32 Å². The number of anilines is 1. The third-order valence-electron chi connectivity index (χ3n) is 5.00. The van der Waals surface area contributed by atoms with Gasteiger partial charge in [-0.15, -0.1) is 0 Å². The number of halogens is 1. The highest BCUT2D eigenvalue weighted by Crippen LogP contribution is 2.22. The Hall–Kier alpha value is -2.01. The predicted molar refractivity (Wildman–Crippen MR) is 101 cm³/mol. The third-order valence-corrected chi connectivity index (χ3v) is 5.32. The van der Waals surface area contributed by atoms with Crippen LogP contribution in [-0.4, -0.2) is 33.7 Å². The maximum Gasteiger partial charge on any atom is 0.253 e. The largest absolute Gasteiger partial charge is 0.379 e. The molecule has 6 heteroatoms. The van der Waals surface area contributed by atoms with Gasteiger partial charge in [0.2, 0.25) is 0 Å². The molecule has 0 unspecified atom stereocenters. The Bertz CT molecular complexity index is 743. The van der Waals surface area contributed by atoms with E-state index in [4.69, 9.17) is 11.6 Å². The van der Waals surface area contributed by atoms with Crippen molar-refractivity contribution in [1.29, 1.82) is 0 Å². The van der Waals surface area contributed by atoms with Gasteiger partial charge in [-0.2, -0.15) is 5.10 Å². The van der Waals surface area contributed by atoms with E-state index in [1.807, 2.05) is 37.1 Å². The first-order valence-corrected chi connectivity index (χ1v) is 9.13. The molecule has 25 heavy (non-hydrogen) atoms. The van der Waals surface area contributed by atoms with Gasteiger partial charge in [-0.1, -0.05) is 18.5 Å². The van der Waals surface area contributed by atoms with Crippen LogP contribution in [0.2, 0.25) is 5.02 Å². The lowest BCUT2D eigenvalue weighted by molar-refractivity contribution is 0.0697. The zero-order chi connectivity index (χ0) is 18.0. The molecule has 0 spiro atoms. The maximum absolute atomic E-state index is 12.7. The number of likely N-dealkylation sites (tertiary alicyclic amines) is 1. The van der Waals surface area contributed by atoms with Gasteiger partial charge >= 0.3 is 0 Å². The summed E-state index contributed by atoms with van der Waals surface area (Å²) in [6, 6.07) is 5.84. The second kappa shape index (κ2) is 7.48. The van der Waals surface area contributed by atoms with Gasteiger partial charge in [0.1, 0.15) is 0 Å². The number of piperidine rings is 1. The Balaban J connectivity index is 1.67. The van der Waals surface area contributed by atoms with E-state index >= 15 is 0 Å². The van der Waals surface area contributed by atoms with Gasteiger partial charge in [0.05, 0.1) is 23.5 Å². The minimum absolute atomic E-state index is 0.135. The molecule has 0 saturated carbocycles. The number of nitrogens with one attached hydrogen (secondary N) is 1. The van der Waals surface area contributed by atoms with Crippen LogP contribution in [0.3, 0.4) is 0 Å². The lowest BCUT2D eigenvalue weighted by Crippen LogP contribution is -2.37. The average Bonchev–Trinajstić information content (AvgIpc) is 2.92. The highest BCUT2D eigenvalue weighted by Gasteiger charge is 2.21. The lowest BCUT2D eigenvalue weighted by Gasteiger charge is -2.30. The molecule has 0 aliphatic carbocycles. The van der Waals surface area contributed by atoms with Crippen molar-refractivity contribution in [1.82, 2.24) is 14.7 Å². The molecule has 0 atom stereocenters. The van der Waals surface area contributed by atoms with Crippen LogP contribution >= 0.6 is 11.6 Å². The van der Waals surface area contributed by atoms with E-state index < -0.39 is 0 Å². The number of carbonyl (C=O) groups is 1. The number of hydrogen-bond donors (Lipinski definition) is 1. The minimum atomic E-state index is 0.135. The number of hydrogen-bond acceptors (Lipinski definition) is 3. The maximum atomic E-state index is 12.7. The number of nitrogens with zero attached hydrogens (tertiary/aromatic N) is 3. The summed E-state index contributed by atoms with van der Waals surface area (Å²) in [5.74, 6) is 0.854. The van der Waals surface area contributed by atoms with Crippen LogP contribution in [0.4, 0.5) is 5.69 Å². The third kappa shape index (κ3) is 3.98. The molecule has 1 saturated heterocycles. The predicted octanol–water partition coefficient (Wildman–Crippen LogP) is 3.87. The monoisotopic (exact) mass is 360 g/mol. The first-order valence-electron chi connectivity index (χ1n) is 8.76. The van der Waals surface area contributed by atoms with Gasteiger partial charge in [-0.25, -0.2) is 0 Å². The Kier molecular flexibility index (Phi) is 5.33. The summed E-state index contributed by atoms with van der Waals surface area (Å²) in [7, 11) is 1.87.